The normalized spacial score (nSPS) is 11.9. The summed E-state index contributed by atoms with van der Waals surface area (Å²) in [6, 6.07) is 3.01. The van der Waals surface area contributed by atoms with Gasteiger partial charge in [0.05, 0.1) is 12.0 Å². The average molecular weight is 285 g/mol. The third kappa shape index (κ3) is 4.94. The molecule has 0 fully saturated rings. The first-order chi connectivity index (χ1) is 9.08. The molecule has 106 valence electrons. The van der Waals surface area contributed by atoms with Gasteiger partial charge in [0.1, 0.15) is 0 Å². The molecule has 0 spiro atoms. The van der Waals surface area contributed by atoms with Crippen LogP contribution in [-0.4, -0.2) is 34.6 Å². The Kier molecular flexibility index (Phi) is 6.41. The predicted molar refractivity (Wildman–Crippen MR) is 78.1 cm³/mol. The number of ether oxygens (including phenoxy) is 1. The summed E-state index contributed by atoms with van der Waals surface area (Å²) in [6.07, 6.45) is 0.925. The van der Waals surface area contributed by atoms with Crippen molar-refractivity contribution in [3.8, 4) is 5.88 Å². The highest BCUT2D eigenvalue weighted by Gasteiger charge is 2.17. The lowest BCUT2D eigenvalue weighted by molar-refractivity contribution is -0.384. The Labute approximate surface area is 117 Å². The van der Waals surface area contributed by atoms with Crippen LogP contribution in [0.4, 0.5) is 11.5 Å². The minimum Gasteiger partial charge on any atom is -0.481 e. The number of aromatic nitrogens is 1. The third-order valence-corrected chi connectivity index (χ3v) is 3.47. The zero-order valence-electron chi connectivity index (χ0n) is 11.4. The van der Waals surface area contributed by atoms with Crippen LogP contribution in [0, 0.1) is 10.1 Å². The number of nitro groups is 1. The number of rotatable bonds is 8. The zero-order valence-corrected chi connectivity index (χ0v) is 12.2. The maximum Gasteiger partial charge on any atom is 0.311 e. The molecule has 0 aromatic carbocycles. The van der Waals surface area contributed by atoms with Crippen molar-refractivity contribution in [3.63, 3.8) is 0 Å². The average Bonchev–Trinajstić information content (AvgIpc) is 2.38. The summed E-state index contributed by atoms with van der Waals surface area (Å²) >= 11 is 1.85. The summed E-state index contributed by atoms with van der Waals surface area (Å²) in [5, 5.41) is 14.0. The Morgan fingerprint density at radius 3 is 2.89 bits per heavy atom. The van der Waals surface area contributed by atoms with Gasteiger partial charge in [0, 0.05) is 18.2 Å². The summed E-state index contributed by atoms with van der Waals surface area (Å²) in [5.41, 5.74) is -0.0317. The fourth-order valence-electron chi connectivity index (χ4n) is 1.51. The molecule has 0 bridgehead atoms. The van der Waals surface area contributed by atoms with Crippen LogP contribution in [0.1, 0.15) is 20.3 Å². The molecule has 6 nitrogen and oxygen atoms in total. The van der Waals surface area contributed by atoms with E-state index in [2.05, 4.69) is 17.2 Å². The first-order valence-corrected chi connectivity index (χ1v) is 7.27. The quantitative estimate of drug-likeness (QED) is 0.449. The smallest absolute Gasteiger partial charge is 0.311 e. The number of hydrogen-bond donors (Lipinski definition) is 1. The highest BCUT2D eigenvalue weighted by Crippen LogP contribution is 2.25. The molecule has 19 heavy (non-hydrogen) atoms. The second kappa shape index (κ2) is 7.83. The first kappa shape index (κ1) is 15.6. The maximum absolute atomic E-state index is 10.9. The van der Waals surface area contributed by atoms with Gasteiger partial charge in [-0.3, -0.25) is 10.1 Å². The molecule has 0 aliphatic heterocycles. The van der Waals surface area contributed by atoms with Crippen molar-refractivity contribution in [2.75, 3.05) is 23.9 Å². The Bertz CT molecular complexity index is 429. The molecule has 1 atom stereocenters. The Hall–Kier alpha value is -1.50. The molecule has 0 radical (unpaired) electrons. The second-order valence-corrected chi connectivity index (χ2v) is 5.40. The molecular formula is C12H19N3O3S. The highest BCUT2D eigenvalue weighted by atomic mass is 32.2. The molecule has 1 rings (SSSR count). The van der Waals surface area contributed by atoms with Gasteiger partial charge in [-0.2, -0.15) is 16.7 Å². The zero-order chi connectivity index (χ0) is 14.3. The molecule has 7 heteroatoms. The Balaban J connectivity index is 2.76. The molecule has 0 amide bonds. The van der Waals surface area contributed by atoms with E-state index in [1.54, 1.807) is 0 Å². The van der Waals surface area contributed by atoms with Crippen LogP contribution in [-0.2, 0) is 0 Å². The minimum atomic E-state index is -0.442. The number of hydrogen-bond acceptors (Lipinski definition) is 6. The van der Waals surface area contributed by atoms with Gasteiger partial charge in [-0.1, -0.05) is 6.92 Å². The summed E-state index contributed by atoms with van der Waals surface area (Å²) in [5.74, 6) is 2.72. The number of pyridine rings is 1. The molecule has 1 aromatic heterocycles. The van der Waals surface area contributed by atoms with E-state index in [-0.39, 0.29) is 17.5 Å². The van der Waals surface area contributed by atoms with E-state index in [0.29, 0.717) is 5.88 Å². The number of anilines is 1. The van der Waals surface area contributed by atoms with Crippen LogP contribution in [0.2, 0.25) is 0 Å². The third-order valence-electron chi connectivity index (χ3n) is 2.54. The summed E-state index contributed by atoms with van der Waals surface area (Å²) in [7, 11) is 1.49. The van der Waals surface area contributed by atoms with E-state index in [9.17, 15) is 10.1 Å². The molecule has 1 unspecified atom stereocenters. The predicted octanol–water partition coefficient (Wildman–Crippen LogP) is 2.94. The van der Waals surface area contributed by atoms with Crippen LogP contribution in [0.25, 0.3) is 0 Å². The van der Waals surface area contributed by atoms with Crippen molar-refractivity contribution in [1.29, 1.82) is 0 Å². The second-order valence-electron chi connectivity index (χ2n) is 4.01. The van der Waals surface area contributed by atoms with E-state index in [0.717, 1.165) is 17.9 Å². The van der Waals surface area contributed by atoms with Crippen LogP contribution in [0.5, 0.6) is 5.88 Å². The number of methoxy groups -OCH3 is 1. The van der Waals surface area contributed by atoms with Crippen molar-refractivity contribution >= 4 is 23.3 Å². The van der Waals surface area contributed by atoms with Crippen molar-refractivity contribution in [3.05, 3.63) is 22.2 Å². The number of thioether (sulfide) groups is 1. The lowest BCUT2D eigenvalue weighted by Gasteiger charge is -2.14. The molecule has 1 N–H and O–H groups in total. The van der Waals surface area contributed by atoms with Crippen molar-refractivity contribution in [2.24, 2.45) is 0 Å². The van der Waals surface area contributed by atoms with Gasteiger partial charge in [-0.15, -0.1) is 0 Å². The fourth-order valence-corrected chi connectivity index (χ4v) is 2.32. The van der Waals surface area contributed by atoms with Crippen LogP contribution in [0.3, 0.4) is 0 Å². The lowest BCUT2D eigenvalue weighted by atomic mass is 10.2. The highest BCUT2D eigenvalue weighted by molar-refractivity contribution is 7.99. The maximum atomic E-state index is 10.9. The van der Waals surface area contributed by atoms with Crippen LogP contribution >= 0.6 is 11.8 Å². The summed E-state index contributed by atoms with van der Waals surface area (Å²) in [6.45, 7) is 4.10. The van der Waals surface area contributed by atoms with Crippen LogP contribution < -0.4 is 10.1 Å². The molecule has 1 aromatic rings. The van der Waals surface area contributed by atoms with Gasteiger partial charge < -0.3 is 10.1 Å². The van der Waals surface area contributed by atoms with Crippen molar-refractivity contribution in [2.45, 2.75) is 26.3 Å². The van der Waals surface area contributed by atoms with Gasteiger partial charge in [0.2, 0.25) is 11.7 Å². The molecule has 0 saturated carbocycles. The van der Waals surface area contributed by atoms with Gasteiger partial charge >= 0.3 is 5.69 Å². The molecule has 0 aliphatic carbocycles. The first-order valence-electron chi connectivity index (χ1n) is 6.12. The van der Waals surface area contributed by atoms with Crippen molar-refractivity contribution < 1.29 is 9.66 Å². The van der Waals surface area contributed by atoms with Gasteiger partial charge in [-0.25, -0.2) is 0 Å². The van der Waals surface area contributed by atoms with E-state index >= 15 is 0 Å². The van der Waals surface area contributed by atoms with Gasteiger partial charge in [0.25, 0.3) is 0 Å². The standard InChI is InChI=1S/C12H19N3O3S/c1-4-19-8-7-9(2)13-12-10(15(16)17)5-6-11(14-12)18-3/h5-6,9H,4,7-8H2,1-3H3,(H,13,14). The van der Waals surface area contributed by atoms with E-state index in [4.69, 9.17) is 4.74 Å². The van der Waals surface area contributed by atoms with E-state index in [1.165, 1.54) is 19.2 Å². The largest absolute Gasteiger partial charge is 0.481 e. The SMILES string of the molecule is CCSCCC(C)Nc1nc(OC)ccc1[N+](=O)[O-]. The fraction of sp³-hybridized carbons (Fsp3) is 0.583. The topological polar surface area (TPSA) is 77.3 Å². The molecular weight excluding hydrogens is 266 g/mol. The Morgan fingerprint density at radius 2 is 2.32 bits per heavy atom. The molecule has 0 aliphatic rings. The van der Waals surface area contributed by atoms with Gasteiger partial charge in [-0.05, 0) is 24.9 Å². The Morgan fingerprint density at radius 1 is 1.58 bits per heavy atom. The minimum absolute atomic E-state index is 0.0317. The molecule has 1 heterocycles. The number of nitrogens with one attached hydrogen (secondary N) is 1. The molecule has 0 saturated heterocycles. The van der Waals surface area contributed by atoms with E-state index < -0.39 is 4.92 Å². The van der Waals surface area contributed by atoms with E-state index in [1.807, 2.05) is 18.7 Å². The monoisotopic (exact) mass is 285 g/mol. The summed E-state index contributed by atoms with van der Waals surface area (Å²) < 4.78 is 4.99. The van der Waals surface area contributed by atoms with Gasteiger partial charge in [0.15, 0.2) is 0 Å². The van der Waals surface area contributed by atoms with Crippen molar-refractivity contribution in [1.82, 2.24) is 4.98 Å². The lowest BCUT2D eigenvalue weighted by Crippen LogP contribution is -2.18. The van der Waals surface area contributed by atoms with Crippen LogP contribution in [0.15, 0.2) is 12.1 Å². The number of nitrogens with zero attached hydrogens (tertiary/aromatic N) is 2. The summed E-state index contributed by atoms with van der Waals surface area (Å²) in [4.78, 5) is 14.6.